The van der Waals surface area contributed by atoms with Gasteiger partial charge >= 0.3 is 0 Å². The zero-order valence-corrected chi connectivity index (χ0v) is 22.2. The number of aromatic nitrogens is 2. The highest BCUT2D eigenvalue weighted by atomic mass is 32.2. The van der Waals surface area contributed by atoms with Gasteiger partial charge in [0.2, 0.25) is 0 Å². The van der Waals surface area contributed by atoms with Crippen LogP contribution in [0.15, 0.2) is 72.8 Å². The largest absolute Gasteiger partial charge is 0.489 e. The van der Waals surface area contributed by atoms with Crippen molar-refractivity contribution in [2.45, 2.75) is 13.0 Å². The molecule has 4 rings (SSSR count). The second kappa shape index (κ2) is 13.2. The van der Waals surface area contributed by atoms with Crippen molar-refractivity contribution in [3.63, 3.8) is 0 Å². The summed E-state index contributed by atoms with van der Waals surface area (Å²) in [6, 6.07) is 23.2. The summed E-state index contributed by atoms with van der Waals surface area (Å²) in [5.74, 6) is 2.52. The van der Waals surface area contributed by atoms with Crippen molar-refractivity contribution in [2.24, 2.45) is 0 Å². The quantitative estimate of drug-likeness (QED) is 0.164. The number of nitrogens with two attached hydrogens (primary N) is 1. The van der Waals surface area contributed by atoms with E-state index in [1.165, 1.54) is 6.26 Å². The molecule has 3 aromatic carbocycles. The monoisotopic (exact) mass is 535 g/mol. The second-order valence-corrected chi connectivity index (χ2v) is 11.2. The SMILES string of the molecule is CS(=O)(=O)CCNCCCNCOc1ccc2c(N)nc(-c3ccc(OCc4ccccc4)cc3)nc2c1. The molecule has 1 aromatic heterocycles. The van der Waals surface area contributed by atoms with Crippen molar-refractivity contribution in [3.05, 3.63) is 78.4 Å². The minimum Gasteiger partial charge on any atom is -0.489 e. The predicted octanol–water partition coefficient (Wildman–Crippen LogP) is 3.41. The number of hydrogen-bond donors (Lipinski definition) is 3. The Morgan fingerprint density at radius 1 is 0.842 bits per heavy atom. The maximum Gasteiger partial charge on any atom is 0.162 e. The van der Waals surface area contributed by atoms with E-state index in [-0.39, 0.29) is 5.75 Å². The van der Waals surface area contributed by atoms with Crippen molar-refractivity contribution in [1.29, 1.82) is 0 Å². The van der Waals surface area contributed by atoms with E-state index in [4.69, 9.17) is 20.2 Å². The van der Waals surface area contributed by atoms with Crippen molar-refractivity contribution < 1.29 is 17.9 Å². The standard InChI is InChI=1S/C28H33N5O4S/c1-38(34,35)17-16-30-14-5-15-31-20-37-24-12-13-25-26(18-24)32-28(33-27(25)29)22-8-10-23(11-9-22)36-19-21-6-3-2-4-7-21/h2-4,6-13,18,30-31H,5,14-17,19-20H2,1H3,(H2,29,32,33). The number of hydrogen-bond acceptors (Lipinski definition) is 9. The molecule has 4 N–H and O–H groups in total. The first-order chi connectivity index (χ1) is 18.4. The Kier molecular flexibility index (Phi) is 9.47. The van der Waals surface area contributed by atoms with E-state index in [0.717, 1.165) is 41.8 Å². The molecule has 0 aliphatic heterocycles. The lowest BCUT2D eigenvalue weighted by molar-refractivity contribution is 0.283. The number of nitrogen functional groups attached to an aromatic ring is 1. The van der Waals surface area contributed by atoms with Crippen molar-refractivity contribution in [2.75, 3.05) is 44.1 Å². The number of rotatable bonds is 14. The molecular formula is C28H33N5O4S. The predicted molar refractivity (Wildman–Crippen MR) is 151 cm³/mol. The van der Waals surface area contributed by atoms with Crippen LogP contribution in [0.1, 0.15) is 12.0 Å². The summed E-state index contributed by atoms with van der Waals surface area (Å²) in [6.07, 6.45) is 2.09. The molecule has 0 atom stereocenters. The van der Waals surface area contributed by atoms with Gasteiger partial charge in [0.15, 0.2) is 5.82 Å². The highest BCUT2D eigenvalue weighted by Crippen LogP contribution is 2.27. The Hall–Kier alpha value is -3.73. The summed E-state index contributed by atoms with van der Waals surface area (Å²) in [7, 11) is -2.93. The summed E-state index contributed by atoms with van der Waals surface area (Å²) in [5, 5.41) is 7.09. The number of sulfone groups is 1. The van der Waals surface area contributed by atoms with E-state index in [9.17, 15) is 8.42 Å². The third-order valence-electron chi connectivity index (χ3n) is 5.76. The lowest BCUT2D eigenvalue weighted by atomic mass is 10.1. The lowest BCUT2D eigenvalue weighted by Crippen LogP contribution is -2.27. The number of nitrogens with one attached hydrogen (secondary N) is 2. The lowest BCUT2D eigenvalue weighted by Gasteiger charge is -2.11. The van der Waals surface area contributed by atoms with Gasteiger partial charge in [-0.25, -0.2) is 18.4 Å². The Balaban J connectivity index is 1.29. The third kappa shape index (κ3) is 8.41. The van der Waals surface area contributed by atoms with Crippen LogP contribution in [0.3, 0.4) is 0 Å². The van der Waals surface area contributed by atoms with Gasteiger partial charge in [0.05, 0.1) is 11.3 Å². The van der Waals surface area contributed by atoms with E-state index in [1.807, 2.05) is 72.8 Å². The van der Waals surface area contributed by atoms with Crippen molar-refractivity contribution in [1.82, 2.24) is 20.6 Å². The molecule has 1 heterocycles. The number of anilines is 1. The molecule has 38 heavy (non-hydrogen) atoms. The van der Waals surface area contributed by atoms with Crippen molar-refractivity contribution in [3.8, 4) is 22.9 Å². The zero-order chi connectivity index (χ0) is 26.8. The van der Waals surface area contributed by atoms with Crippen LogP contribution in [0.4, 0.5) is 5.82 Å². The molecule has 0 spiro atoms. The maximum absolute atomic E-state index is 11.1. The molecular weight excluding hydrogens is 502 g/mol. The topological polar surface area (TPSA) is 128 Å². The van der Waals surface area contributed by atoms with E-state index in [2.05, 4.69) is 15.6 Å². The molecule has 10 heteroatoms. The minimum atomic E-state index is -2.93. The summed E-state index contributed by atoms with van der Waals surface area (Å²) in [4.78, 5) is 9.20. The molecule has 200 valence electrons. The van der Waals surface area contributed by atoms with E-state index in [0.29, 0.717) is 42.8 Å². The van der Waals surface area contributed by atoms with Crippen molar-refractivity contribution >= 4 is 26.6 Å². The first kappa shape index (κ1) is 27.3. The number of fused-ring (bicyclic) bond motifs is 1. The van der Waals surface area contributed by atoms with Gasteiger partial charge < -0.3 is 20.5 Å². The van der Waals surface area contributed by atoms with Gasteiger partial charge in [-0.3, -0.25) is 5.32 Å². The average molecular weight is 536 g/mol. The molecule has 0 radical (unpaired) electrons. The highest BCUT2D eigenvalue weighted by Gasteiger charge is 2.09. The van der Waals surface area contributed by atoms with Gasteiger partial charge in [-0.1, -0.05) is 30.3 Å². The van der Waals surface area contributed by atoms with Crippen LogP contribution in [0.5, 0.6) is 11.5 Å². The normalized spacial score (nSPS) is 11.5. The van der Waals surface area contributed by atoms with Crippen LogP contribution in [0.25, 0.3) is 22.3 Å². The van der Waals surface area contributed by atoms with Crippen LogP contribution < -0.4 is 25.8 Å². The molecule has 4 aromatic rings. The van der Waals surface area contributed by atoms with E-state index in [1.54, 1.807) is 0 Å². The molecule has 0 fully saturated rings. The smallest absolute Gasteiger partial charge is 0.162 e. The number of nitrogens with zero attached hydrogens (tertiary/aromatic N) is 2. The molecule has 0 bridgehead atoms. The second-order valence-electron chi connectivity index (χ2n) is 8.93. The highest BCUT2D eigenvalue weighted by molar-refractivity contribution is 7.90. The van der Waals surface area contributed by atoms with Crippen LogP contribution in [-0.4, -0.2) is 56.8 Å². The summed E-state index contributed by atoms with van der Waals surface area (Å²) in [5.41, 5.74) is 8.87. The minimum absolute atomic E-state index is 0.149. The summed E-state index contributed by atoms with van der Waals surface area (Å²) >= 11 is 0. The fourth-order valence-electron chi connectivity index (χ4n) is 3.72. The van der Waals surface area contributed by atoms with Gasteiger partial charge in [0.25, 0.3) is 0 Å². The van der Waals surface area contributed by atoms with Crippen LogP contribution in [0.2, 0.25) is 0 Å². The zero-order valence-electron chi connectivity index (χ0n) is 21.4. The summed E-state index contributed by atoms with van der Waals surface area (Å²) in [6.45, 7) is 2.78. The third-order valence-corrected chi connectivity index (χ3v) is 6.70. The summed E-state index contributed by atoms with van der Waals surface area (Å²) < 4.78 is 33.9. The molecule has 0 amide bonds. The first-order valence-corrected chi connectivity index (χ1v) is 14.5. The maximum atomic E-state index is 11.1. The van der Waals surface area contributed by atoms with Gasteiger partial charge in [0.1, 0.15) is 40.5 Å². The number of ether oxygens (including phenoxy) is 2. The first-order valence-electron chi connectivity index (χ1n) is 12.4. The van der Waals surface area contributed by atoms with Crippen LogP contribution >= 0.6 is 0 Å². The Labute approximate surface area is 223 Å². The fourth-order valence-corrected chi connectivity index (χ4v) is 4.24. The molecule has 0 aliphatic carbocycles. The van der Waals surface area contributed by atoms with Gasteiger partial charge in [-0.05, 0) is 61.5 Å². The van der Waals surface area contributed by atoms with Crippen LogP contribution in [0, 0.1) is 0 Å². The molecule has 0 unspecified atom stereocenters. The Morgan fingerprint density at radius 2 is 1.58 bits per heavy atom. The van der Waals surface area contributed by atoms with Gasteiger partial charge in [-0.15, -0.1) is 0 Å². The van der Waals surface area contributed by atoms with Gasteiger partial charge in [-0.2, -0.15) is 0 Å². The van der Waals surface area contributed by atoms with Gasteiger partial charge in [0, 0.05) is 29.8 Å². The molecule has 0 aliphatic rings. The molecule has 0 saturated carbocycles. The average Bonchev–Trinajstić information content (AvgIpc) is 2.91. The Bertz CT molecular complexity index is 1430. The number of benzene rings is 3. The van der Waals surface area contributed by atoms with E-state index >= 15 is 0 Å². The molecule has 0 saturated heterocycles. The van der Waals surface area contributed by atoms with E-state index < -0.39 is 9.84 Å². The molecule has 9 nitrogen and oxygen atoms in total. The van der Waals surface area contributed by atoms with Crippen LogP contribution in [-0.2, 0) is 16.4 Å². The Morgan fingerprint density at radius 3 is 2.34 bits per heavy atom. The fraction of sp³-hybridized carbons (Fsp3) is 0.286.